The van der Waals surface area contributed by atoms with E-state index in [0.29, 0.717) is 6.42 Å². The molecule has 0 amide bonds. The predicted molar refractivity (Wildman–Crippen MR) is 60.0 cm³/mol. The highest BCUT2D eigenvalue weighted by Crippen LogP contribution is 2.48. The largest absolute Gasteiger partial charge is 0.481 e. The number of carboxylic acids is 1. The molecule has 0 spiro atoms. The number of carbonyl (C=O) groups is 2. The van der Waals surface area contributed by atoms with Crippen LogP contribution in [-0.4, -0.2) is 16.9 Å². The van der Waals surface area contributed by atoms with Gasteiger partial charge in [-0.3, -0.25) is 9.59 Å². The van der Waals surface area contributed by atoms with Crippen LogP contribution in [0.25, 0.3) is 0 Å². The van der Waals surface area contributed by atoms with Crippen molar-refractivity contribution in [2.45, 2.75) is 45.9 Å². The summed E-state index contributed by atoms with van der Waals surface area (Å²) in [4.78, 5) is 23.6. The number of allylic oxidation sites excluding steroid dienone is 2. The molecule has 1 atom stereocenters. The lowest BCUT2D eigenvalue weighted by Gasteiger charge is -2.31. The van der Waals surface area contributed by atoms with Gasteiger partial charge in [0.25, 0.3) is 0 Å². The molecule has 0 saturated carbocycles. The number of rotatable bonds is 2. The van der Waals surface area contributed by atoms with Crippen LogP contribution >= 0.6 is 0 Å². The van der Waals surface area contributed by atoms with Gasteiger partial charge in [0, 0.05) is 18.3 Å². The van der Waals surface area contributed by atoms with Crippen LogP contribution in [0.5, 0.6) is 0 Å². The van der Waals surface area contributed by atoms with E-state index >= 15 is 0 Å². The Hall–Kier alpha value is -1.12. The first-order chi connectivity index (χ1) is 9.27. The number of hydrogen-bond acceptors (Lipinski definition) is 2. The zero-order chi connectivity index (χ0) is 16.4. The molecule has 0 heterocycles. The van der Waals surface area contributed by atoms with E-state index in [4.69, 9.17) is 12.0 Å². The Morgan fingerprint density at radius 3 is 2.94 bits per heavy atom. The molecule has 0 radical (unpaired) electrons. The number of carbonyl (C=O) groups excluding carboxylic acids is 1. The summed E-state index contributed by atoms with van der Waals surface area (Å²) in [5, 5.41) is 8.93. The van der Waals surface area contributed by atoms with Crippen molar-refractivity contribution >= 4 is 11.8 Å². The summed E-state index contributed by atoms with van der Waals surface area (Å²) < 4.78 is 40.4. The van der Waals surface area contributed by atoms with Crippen molar-refractivity contribution in [3.63, 3.8) is 0 Å². The van der Waals surface area contributed by atoms with Gasteiger partial charge in [-0.25, -0.2) is 0 Å². The molecule has 2 aliphatic carbocycles. The highest BCUT2D eigenvalue weighted by Gasteiger charge is 2.42. The van der Waals surface area contributed by atoms with E-state index in [2.05, 4.69) is 0 Å². The van der Waals surface area contributed by atoms with E-state index in [-0.39, 0.29) is 17.6 Å². The Balaban J connectivity index is 2.72. The zero-order valence-electron chi connectivity index (χ0n) is 14.4. The SMILES string of the molecule is [2H]C1([2H])CCC(C)(C)C2=C1C([2H])([2H])C([2H])(CC(=O)O)C2=O. The third-order valence-electron chi connectivity index (χ3n) is 3.08. The number of hydrogen-bond donors (Lipinski definition) is 1. The molecule has 0 bridgehead atoms. The molecular formula is C13H18O3. The highest BCUT2D eigenvalue weighted by atomic mass is 16.4. The molecule has 88 valence electrons. The van der Waals surface area contributed by atoms with Gasteiger partial charge in [0.1, 0.15) is 0 Å². The smallest absolute Gasteiger partial charge is 0.304 e. The molecule has 1 N–H and O–H groups in total. The lowest BCUT2D eigenvalue weighted by atomic mass is 9.73. The van der Waals surface area contributed by atoms with Crippen LogP contribution in [0.4, 0.5) is 0 Å². The number of carboxylic acid groups (broad SMARTS) is 1. The van der Waals surface area contributed by atoms with E-state index in [1.807, 2.05) is 0 Å². The van der Waals surface area contributed by atoms with E-state index in [9.17, 15) is 9.59 Å². The summed E-state index contributed by atoms with van der Waals surface area (Å²) in [6.45, 7) is 3.41. The summed E-state index contributed by atoms with van der Waals surface area (Å²) in [6, 6.07) is 0. The number of ketones is 1. The first-order valence-electron chi connectivity index (χ1n) is 7.80. The van der Waals surface area contributed by atoms with Crippen LogP contribution in [0, 0.1) is 11.3 Å². The summed E-state index contributed by atoms with van der Waals surface area (Å²) >= 11 is 0. The topological polar surface area (TPSA) is 54.4 Å². The minimum atomic E-state index is -2.63. The molecule has 3 heteroatoms. The molecule has 0 aromatic heterocycles. The monoisotopic (exact) mass is 227 g/mol. The van der Waals surface area contributed by atoms with Gasteiger partial charge in [-0.1, -0.05) is 19.4 Å². The van der Waals surface area contributed by atoms with Gasteiger partial charge in [0.2, 0.25) is 0 Å². The highest BCUT2D eigenvalue weighted by molar-refractivity contribution is 6.03. The Kier molecular flexibility index (Phi) is 1.53. The molecule has 3 nitrogen and oxygen atoms in total. The first-order valence-corrected chi connectivity index (χ1v) is 5.30. The Morgan fingerprint density at radius 1 is 1.69 bits per heavy atom. The molecule has 0 fully saturated rings. The van der Waals surface area contributed by atoms with Crippen molar-refractivity contribution < 1.29 is 21.5 Å². The fraction of sp³-hybridized carbons (Fsp3) is 0.692. The van der Waals surface area contributed by atoms with E-state index in [1.54, 1.807) is 13.8 Å². The predicted octanol–water partition coefficient (Wildman–Crippen LogP) is 2.56. The molecule has 1 unspecified atom stereocenters. The second-order valence-corrected chi connectivity index (χ2v) is 4.81. The van der Waals surface area contributed by atoms with E-state index in [0.717, 1.165) is 0 Å². The molecule has 0 saturated heterocycles. The van der Waals surface area contributed by atoms with E-state index in [1.165, 1.54) is 0 Å². The van der Waals surface area contributed by atoms with Gasteiger partial charge in [0.15, 0.2) is 5.78 Å². The summed E-state index contributed by atoms with van der Waals surface area (Å²) in [5.41, 5.74) is -1.11. The van der Waals surface area contributed by atoms with Gasteiger partial charge in [-0.05, 0) is 31.0 Å². The Morgan fingerprint density at radius 2 is 2.38 bits per heavy atom. The molecule has 2 rings (SSSR count). The van der Waals surface area contributed by atoms with Crippen molar-refractivity contribution in [2.75, 3.05) is 0 Å². The van der Waals surface area contributed by atoms with Crippen LogP contribution in [-0.2, 0) is 9.59 Å². The first kappa shape index (κ1) is 6.58. The molecule has 0 aliphatic heterocycles. The van der Waals surface area contributed by atoms with Crippen molar-refractivity contribution in [3.05, 3.63) is 11.1 Å². The average molecular weight is 227 g/mol. The van der Waals surface area contributed by atoms with Crippen LogP contribution < -0.4 is 0 Å². The summed E-state index contributed by atoms with van der Waals surface area (Å²) in [7, 11) is 0. The second-order valence-electron chi connectivity index (χ2n) is 4.81. The minimum Gasteiger partial charge on any atom is -0.481 e. The van der Waals surface area contributed by atoms with Crippen molar-refractivity contribution in [1.29, 1.82) is 0 Å². The van der Waals surface area contributed by atoms with Gasteiger partial charge in [-0.15, -0.1) is 0 Å². The maximum atomic E-state index is 12.6. The van der Waals surface area contributed by atoms with Crippen LogP contribution in [0.15, 0.2) is 11.1 Å². The fourth-order valence-corrected chi connectivity index (χ4v) is 2.21. The van der Waals surface area contributed by atoms with Gasteiger partial charge in [0.05, 0.1) is 6.42 Å². The summed E-state index contributed by atoms with van der Waals surface area (Å²) in [6.07, 6.45) is -5.24. The quantitative estimate of drug-likeness (QED) is 0.788. The average Bonchev–Trinajstić information content (AvgIpc) is 2.44. The standard InChI is InChI=1S/C13H18O3/c1-13(2)5-3-4-8-6-9(7-10(14)15)12(16)11(8)13/h9H,3-7H2,1-2H3,(H,14,15)/i4D2,6D2,9D. The van der Waals surface area contributed by atoms with Gasteiger partial charge >= 0.3 is 5.97 Å². The Labute approximate surface area is 103 Å². The van der Waals surface area contributed by atoms with Gasteiger partial charge < -0.3 is 5.11 Å². The third kappa shape index (κ3) is 1.79. The second kappa shape index (κ2) is 3.72. The van der Waals surface area contributed by atoms with Crippen molar-refractivity contribution in [3.8, 4) is 0 Å². The normalized spacial score (nSPS) is 43.6. The lowest BCUT2D eigenvalue weighted by Crippen LogP contribution is -2.25. The van der Waals surface area contributed by atoms with Crippen LogP contribution in [0.3, 0.4) is 0 Å². The summed E-state index contributed by atoms with van der Waals surface area (Å²) in [5.74, 6) is -4.84. The van der Waals surface area contributed by atoms with Crippen LogP contribution in [0.1, 0.15) is 52.7 Å². The zero-order valence-corrected chi connectivity index (χ0v) is 9.39. The van der Waals surface area contributed by atoms with Crippen molar-refractivity contribution in [1.82, 2.24) is 0 Å². The maximum Gasteiger partial charge on any atom is 0.304 e. The van der Waals surface area contributed by atoms with Crippen LogP contribution in [0.2, 0.25) is 0 Å². The minimum absolute atomic E-state index is 0.0278. The molecule has 16 heavy (non-hydrogen) atoms. The molecule has 2 aliphatic rings. The molecule has 0 aromatic carbocycles. The fourth-order valence-electron chi connectivity index (χ4n) is 2.21. The lowest BCUT2D eigenvalue weighted by molar-refractivity contribution is -0.140. The number of Topliss-reactive ketones (excluding diaryl/α,β-unsaturated/α-hetero) is 1. The molecular weight excluding hydrogens is 204 g/mol. The Bertz CT molecular complexity index is 564. The molecule has 0 aromatic rings. The third-order valence-corrected chi connectivity index (χ3v) is 3.08. The maximum absolute atomic E-state index is 12.6. The van der Waals surface area contributed by atoms with E-state index < -0.39 is 42.2 Å². The van der Waals surface area contributed by atoms with Gasteiger partial charge in [-0.2, -0.15) is 0 Å². The van der Waals surface area contributed by atoms with Crippen molar-refractivity contribution in [2.24, 2.45) is 11.3 Å². The number of aliphatic carboxylic acids is 1.